The first-order valence-electron chi connectivity index (χ1n) is 31.6. The molecule has 9 heteroatoms. The molecule has 2 unspecified atom stereocenters. The maximum Gasteiger partial charge on any atom is 0.306 e. The molecule has 0 fully saturated rings. The zero-order chi connectivity index (χ0) is 60.5. The second-order valence-corrected chi connectivity index (χ2v) is 21.2. The van der Waals surface area contributed by atoms with Gasteiger partial charge in [-0.15, -0.1) is 0 Å². The molecule has 0 bridgehead atoms. The number of rotatable bonds is 55. The van der Waals surface area contributed by atoms with E-state index in [1.807, 2.05) is 21.1 Å². The number of ether oxygens (including phenoxy) is 4. The Balaban J connectivity index is 4.34. The number of carbonyl (C=O) groups is 3. The molecular weight excluding hydrogens is 1030 g/mol. The molecule has 0 N–H and O–H groups in total. The molecule has 0 amide bonds. The molecule has 0 aromatic heterocycles. The number of esters is 2. The van der Waals surface area contributed by atoms with Crippen molar-refractivity contribution in [3.05, 3.63) is 194 Å². The predicted octanol–water partition coefficient (Wildman–Crippen LogP) is 18.1. The molecule has 0 rings (SSSR count). The average molecular weight is 1140 g/mol. The van der Waals surface area contributed by atoms with Gasteiger partial charge in [-0.25, -0.2) is 0 Å². The van der Waals surface area contributed by atoms with Gasteiger partial charge in [0.25, 0.3) is 0 Å². The SMILES string of the molecule is CC/C=C\C/C=C\C/C=C\C/C=C\C/C=C\C/C=C\C/C=C\C/C=C\C/C=C\C/C=C\C/C=C\C/C=C\CCCCC(=O)OC(COC(=O)CCCCCCCC/C=C\C/C=C\C/C=C\C/C=C\CC)COC(OCC[N+](C)(C)C)C(=O)[O-]. The third-order valence-corrected chi connectivity index (χ3v) is 12.3. The Labute approximate surface area is 506 Å². The number of hydrogen-bond acceptors (Lipinski definition) is 8. The lowest BCUT2D eigenvalue weighted by molar-refractivity contribution is -0.870. The van der Waals surface area contributed by atoms with E-state index < -0.39 is 30.3 Å². The smallest absolute Gasteiger partial charge is 0.306 e. The number of aliphatic carboxylic acids is 1. The van der Waals surface area contributed by atoms with Crippen LogP contribution in [-0.4, -0.2) is 82.3 Å². The van der Waals surface area contributed by atoms with Crippen LogP contribution in [0.4, 0.5) is 0 Å². The summed E-state index contributed by atoms with van der Waals surface area (Å²) in [5, 5.41) is 11.8. The Morgan fingerprint density at radius 2 is 0.651 bits per heavy atom. The lowest BCUT2D eigenvalue weighted by Gasteiger charge is -2.26. The van der Waals surface area contributed by atoms with Gasteiger partial charge in [-0.2, -0.15) is 0 Å². The Hall–Kier alpha value is -5.87. The van der Waals surface area contributed by atoms with Crippen molar-refractivity contribution in [3.8, 4) is 0 Å². The molecule has 0 saturated carbocycles. The number of nitrogens with zero attached hydrogens (tertiary/aromatic N) is 1. The lowest BCUT2D eigenvalue weighted by Crippen LogP contribution is -2.44. The first kappa shape index (κ1) is 77.1. The van der Waals surface area contributed by atoms with E-state index >= 15 is 0 Å². The summed E-state index contributed by atoms with van der Waals surface area (Å²) in [4.78, 5) is 37.3. The maximum atomic E-state index is 12.9. The standard InChI is InChI=1S/C74H113NO8/c1-6-8-10-12-14-16-18-20-22-24-26-27-28-29-30-31-32-33-34-35-36-37-38-39-40-41-42-43-44-45-47-49-51-53-55-57-59-61-63-65-72(77)83-70(69-82-74(73(78)79)80-67-66-75(3,4)5)68-81-71(76)64-62-60-58-56-54-52-50-48-46-25-23-21-19-17-15-13-11-9-7-2/h8-11,14-17,20-23,26-27,29-30,32-33,35-36,38-39,41-42,44-46,48-49,51,55,57,70,74H,6-7,12-13,18-19,24-25,28,31,34,37,40,43,47,50,52-54,56,58-69H2,1-5H3/b10-8-,11-9-,16-14-,17-15-,22-20-,23-21-,27-26-,30-29-,33-32-,36-35-,39-38-,42-41-,45-44-,48-46-,51-49-,57-55-. The minimum Gasteiger partial charge on any atom is -0.545 e. The highest BCUT2D eigenvalue weighted by molar-refractivity contribution is 5.70. The first-order chi connectivity index (χ1) is 40.6. The molecule has 0 aliphatic carbocycles. The number of unbranched alkanes of at least 4 members (excludes halogenated alkanes) is 8. The monoisotopic (exact) mass is 1140 g/mol. The molecule has 0 aliphatic rings. The summed E-state index contributed by atoms with van der Waals surface area (Å²) in [7, 11) is 5.88. The number of hydrogen-bond donors (Lipinski definition) is 0. The Morgan fingerprint density at radius 3 is 0.988 bits per heavy atom. The van der Waals surface area contributed by atoms with Crippen molar-refractivity contribution >= 4 is 17.9 Å². The van der Waals surface area contributed by atoms with Crippen molar-refractivity contribution in [2.75, 3.05) is 47.5 Å². The fourth-order valence-corrected chi connectivity index (χ4v) is 7.56. The van der Waals surface area contributed by atoms with Gasteiger partial charge in [-0.3, -0.25) is 9.59 Å². The van der Waals surface area contributed by atoms with Crippen molar-refractivity contribution < 1.29 is 42.9 Å². The van der Waals surface area contributed by atoms with Gasteiger partial charge in [0.2, 0.25) is 0 Å². The Kier molecular flexibility index (Phi) is 57.8. The van der Waals surface area contributed by atoms with Gasteiger partial charge in [0, 0.05) is 12.8 Å². The highest BCUT2D eigenvalue weighted by Crippen LogP contribution is 2.12. The molecule has 9 nitrogen and oxygen atoms in total. The summed E-state index contributed by atoms with van der Waals surface area (Å²) in [6.45, 7) is 4.41. The van der Waals surface area contributed by atoms with E-state index in [-0.39, 0.29) is 32.7 Å². The van der Waals surface area contributed by atoms with Gasteiger partial charge in [0.15, 0.2) is 12.4 Å². The fraction of sp³-hybridized carbons (Fsp3) is 0.527. The van der Waals surface area contributed by atoms with E-state index in [9.17, 15) is 19.5 Å². The Bertz CT molecular complexity index is 2060. The normalized spacial score (nSPS) is 14.1. The summed E-state index contributed by atoms with van der Waals surface area (Å²) in [5.74, 6) is -2.39. The van der Waals surface area contributed by atoms with Crippen LogP contribution in [0, 0.1) is 0 Å². The lowest BCUT2D eigenvalue weighted by atomic mass is 10.1. The Morgan fingerprint density at radius 1 is 0.361 bits per heavy atom. The largest absolute Gasteiger partial charge is 0.545 e. The number of carbonyl (C=O) groups excluding carboxylic acids is 3. The summed E-state index contributed by atoms with van der Waals surface area (Å²) < 4.78 is 22.6. The van der Waals surface area contributed by atoms with Crippen LogP contribution in [0.15, 0.2) is 194 Å². The second-order valence-electron chi connectivity index (χ2n) is 21.2. The van der Waals surface area contributed by atoms with Crippen LogP contribution >= 0.6 is 0 Å². The molecule has 0 heterocycles. The van der Waals surface area contributed by atoms with Crippen LogP contribution in [0.5, 0.6) is 0 Å². The van der Waals surface area contributed by atoms with E-state index in [0.29, 0.717) is 23.9 Å². The molecule has 0 saturated heterocycles. The van der Waals surface area contributed by atoms with Crippen molar-refractivity contribution in [2.45, 2.75) is 206 Å². The summed E-state index contributed by atoms with van der Waals surface area (Å²) in [5.41, 5.74) is 0. The van der Waals surface area contributed by atoms with E-state index in [1.165, 1.54) is 0 Å². The molecule has 83 heavy (non-hydrogen) atoms. The number of carboxylic acid groups (broad SMARTS) is 1. The topological polar surface area (TPSA) is 111 Å². The fourth-order valence-electron chi connectivity index (χ4n) is 7.56. The number of allylic oxidation sites excluding steroid dienone is 32. The van der Waals surface area contributed by atoms with Gasteiger partial charge in [0.05, 0.1) is 40.3 Å². The number of likely N-dealkylation sites (N-methyl/N-ethyl adjacent to an activating group) is 1. The van der Waals surface area contributed by atoms with Crippen LogP contribution in [0.3, 0.4) is 0 Å². The zero-order valence-corrected chi connectivity index (χ0v) is 52.5. The van der Waals surface area contributed by atoms with Crippen molar-refractivity contribution in [1.82, 2.24) is 0 Å². The van der Waals surface area contributed by atoms with Gasteiger partial charge in [-0.05, 0) is 141 Å². The van der Waals surface area contributed by atoms with E-state index in [1.54, 1.807) is 0 Å². The molecule has 0 aromatic rings. The molecule has 0 aromatic carbocycles. The molecule has 0 spiro atoms. The summed E-state index contributed by atoms with van der Waals surface area (Å²) >= 11 is 0. The number of quaternary nitrogens is 1. The predicted molar refractivity (Wildman–Crippen MR) is 351 cm³/mol. The highest BCUT2D eigenvalue weighted by Gasteiger charge is 2.22. The minimum atomic E-state index is -1.65. The van der Waals surface area contributed by atoms with Crippen molar-refractivity contribution in [2.24, 2.45) is 0 Å². The van der Waals surface area contributed by atoms with Gasteiger partial charge in [0.1, 0.15) is 13.2 Å². The third kappa shape index (κ3) is 63.6. The third-order valence-electron chi connectivity index (χ3n) is 12.3. The van der Waals surface area contributed by atoms with E-state index in [2.05, 4.69) is 208 Å². The molecule has 2 atom stereocenters. The van der Waals surface area contributed by atoms with Gasteiger partial charge < -0.3 is 33.3 Å². The van der Waals surface area contributed by atoms with Crippen LogP contribution in [0.25, 0.3) is 0 Å². The zero-order valence-electron chi connectivity index (χ0n) is 52.5. The molecule has 462 valence electrons. The molecule has 0 aliphatic heterocycles. The van der Waals surface area contributed by atoms with Crippen LogP contribution in [0.1, 0.15) is 194 Å². The number of carboxylic acids is 1. The van der Waals surface area contributed by atoms with Crippen LogP contribution in [-0.2, 0) is 33.3 Å². The average Bonchev–Trinajstić information content (AvgIpc) is 3.46. The summed E-state index contributed by atoms with van der Waals surface area (Å²) in [6, 6.07) is 0. The quantitative estimate of drug-likeness (QED) is 0.0195. The van der Waals surface area contributed by atoms with Crippen molar-refractivity contribution in [3.63, 3.8) is 0 Å². The van der Waals surface area contributed by atoms with Crippen LogP contribution < -0.4 is 5.11 Å². The van der Waals surface area contributed by atoms with E-state index in [4.69, 9.17) is 18.9 Å². The van der Waals surface area contributed by atoms with Crippen molar-refractivity contribution in [1.29, 1.82) is 0 Å². The van der Waals surface area contributed by atoms with E-state index in [0.717, 1.165) is 154 Å². The highest BCUT2D eigenvalue weighted by atomic mass is 16.7. The van der Waals surface area contributed by atoms with Gasteiger partial charge in [-0.1, -0.05) is 234 Å². The molecule has 0 radical (unpaired) electrons. The first-order valence-corrected chi connectivity index (χ1v) is 31.6. The summed E-state index contributed by atoms with van der Waals surface area (Å²) in [6.07, 6.45) is 93.5. The van der Waals surface area contributed by atoms with Gasteiger partial charge >= 0.3 is 11.9 Å². The molecular formula is C74H113NO8. The maximum absolute atomic E-state index is 12.9. The second kappa shape index (κ2) is 62.2. The minimum absolute atomic E-state index is 0.125. The van der Waals surface area contributed by atoms with Crippen LogP contribution in [0.2, 0.25) is 0 Å².